The maximum absolute atomic E-state index is 12.3. The third-order valence-corrected chi connectivity index (χ3v) is 5.48. The minimum Gasteiger partial charge on any atom is -0.493 e. The van der Waals surface area contributed by atoms with Crippen LogP contribution in [-0.2, 0) is 11.4 Å². The normalized spacial score (nSPS) is 10.6. The Morgan fingerprint density at radius 3 is 2.43 bits per heavy atom. The molecule has 0 aromatic heterocycles. The van der Waals surface area contributed by atoms with Gasteiger partial charge in [0, 0.05) is 11.1 Å². The van der Waals surface area contributed by atoms with E-state index >= 15 is 0 Å². The van der Waals surface area contributed by atoms with Gasteiger partial charge in [-0.05, 0) is 48.0 Å². The Bertz CT molecular complexity index is 1230. The first-order chi connectivity index (χ1) is 16.9. The third-order valence-electron chi connectivity index (χ3n) is 4.75. The third kappa shape index (κ3) is 7.37. The summed E-state index contributed by atoms with van der Waals surface area (Å²) in [6.07, 6.45) is 1.46. The van der Waals surface area contributed by atoms with E-state index in [2.05, 4.69) is 15.8 Å². The van der Waals surface area contributed by atoms with Crippen LogP contribution in [-0.4, -0.2) is 38.8 Å². The zero-order valence-electron chi connectivity index (χ0n) is 19.0. The van der Waals surface area contributed by atoms with Crippen LogP contribution in [0.15, 0.2) is 65.8 Å². The highest BCUT2D eigenvalue weighted by atomic mass is 35.5. The molecule has 3 aromatic carbocycles. The number of hydrogen-bond acceptors (Lipinski definition) is 6. The quantitative estimate of drug-likeness (QED) is 0.306. The van der Waals surface area contributed by atoms with Crippen LogP contribution < -0.4 is 25.0 Å². The van der Waals surface area contributed by atoms with E-state index < -0.39 is 11.8 Å². The van der Waals surface area contributed by atoms with Crippen molar-refractivity contribution in [3.8, 4) is 17.2 Å². The molecular weight excluding hydrogens is 493 g/mol. The SMILES string of the molecule is COc1ccc(C(=O)NCC(=O)N/N=C\c2ccccc2OCc2ccc(Cl)c(Cl)c2)cc1OC. The Balaban J connectivity index is 1.52. The number of nitrogens with zero attached hydrogens (tertiary/aromatic N) is 1. The molecule has 0 aliphatic heterocycles. The minimum absolute atomic E-state index is 0.264. The van der Waals surface area contributed by atoms with Gasteiger partial charge in [0.2, 0.25) is 0 Å². The maximum Gasteiger partial charge on any atom is 0.259 e. The van der Waals surface area contributed by atoms with E-state index in [1.54, 1.807) is 36.4 Å². The summed E-state index contributed by atoms with van der Waals surface area (Å²) in [5.41, 5.74) is 4.21. The predicted octanol–water partition coefficient (Wildman–Crippen LogP) is 4.47. The van der Waals surface area contributed by atoms with Crippen LogP contribution in [0.25, 0.3) is 0 Å². The molecule has 0 spiro atoms. The number of carbonyl (C=O) groups excluding carboxylic acids is 2. The van der Waals surface area contributed by atoms with Crippen LogP contribution in [0, 0.1) is 0 Å². The average molecular weight is 516 g/mol. The molecule has 3 aromatic rings. The molecule has 10 heteroatoms. The van der Waals surface area contributed by atoms with Crippen molar-refractivity contribution < 1.29 is 23.8 Å². The van der Waals surface area contributed by atoms with Crippen LogP contribution in [0.5, 0.6) is 17.2 Å². The van der Waals surface area contributed by atoms with Gasteiger partial charge in [-0.3, -0.25) is 9.59 Å². The summed E-state index contributed by atoms with van der Waals surface area (Å²) in [6, 6.07) is 17.2. The van der Waals surface area contributed by atoms with E-state index in [9.17, 15) is 9.59 Å². The number of nitrogens with one attached hydrogen (secondary N) is 2. The summed E-state index contributed by atoms with van der Waals surface area (Å²) in [6.45, 7) is 0.0102. The second kappa shape index (κ2) is 12.6. The van der Waals surface area contributed by atoms with Crippen LogP contribution in [0.4, 0.5) is 0 Å². The summed E-state index contributed by atoms with van der Waals surface area (Å²) in [7, 11) is 2.98. The molecule has 8 nitrogen and oxygen atoms in total. The lowest BCUT2D eigenvalue weighted by atomic mass is 10.2. The highest BCUT2D eigenvalue weighted by Crippen LogP contribution is 2.27. The average Bonchev–Trinajstić information content (AvgIpc) is 2.88. The van der Waals surface area contributed by atoms with Crippen LogP contribution in [0.1, 0.15) is 21.5 Å². The van der Waals surface area contributed by atoms with Crippen molar-refractivity contribution in [2.24, 2.45) is 5.10 Å². The topological polar surface area (TPSA) is 98.2 Å². The van der Waals surface area contributed by atoms with Crippen LogP contribution in [0.2, 0.25) is 10.0 Å². The molecule has 35 heavy (non-hydrogen) atoms. The van der Waals surface area contributed by atoms with E-state index in [1.165, 1.54) is 26.5 Å². The van der Waals surface area contributed by atoms with Gasteiger partial charge >= 0.3 is 0 Å². The molecule has 0 aliphatic carbocycles. The van der Waals surface area contributed by atoms with Gasteiger partial charge in [0.1, 0.15) is 12.4 Å². The van der Waals surface area contributed by atoms with Crippen molar-refractivity contribution in [2.45, 2.75) is 6.61 Å². The second-order valence-electron chi connectivity index (χ2n) is 7.12. The smallest absolute Gasteiger partial charge is 0.259 e. The standard InChI is InChI=1S/C25H23Cl2N3O5/c1-33-22-10-8-17(12-23(22)34-2)25(32)28-14-24(31)30-29-13-18-5-3-4-6-21(18)35-15-16-7-9-19(26)20(27)11-16/h3-13H,14-15H2,1-2H3,(H,28,32)(H,30,31)/b29-13-. The fraction of sp³-hybridized carbons (Fsp3) is 0.160. The Hall–Kier alpha value is -3.75. The molecule has 2 amide bonds. The molecule has 0 unspecified atom stereocenters. The van der Waals surface area contributed by atoms with Gasteiger partial charge in [0.15, 0.2) is 11.5 Å². The summed E-state index contributed by atoms with van der Waals surface area (Å²) in [5.74, 6) is 0.542. The zero-order chi connectivity index (χ0) is 25.2. The van der Waals surface area contributed by atoms with Gasteiger partial charge in [0.25, 0.3) is 11.8 Å². The summed E-state index contributed by atoms with van der Waals surface area (Å²) in [4.78, 5) is 24.4. The lowest BCUT2D eigenvalue weighted by Crippen LogP contribution is -2.34. The minimum atomic E-state index is -0.496. The molecule has 0 aliphatic rings. The Morgan fingerprint density at radius 1 is 0.914 bits per heavy atom. The number of halogens is 2. The molecule has 2 N–H and O–H groups in total. The van der Waals surface area contributed by atoms with Gasteiger partial charge in [-0.1, -0.05) is 41.4 Å². The first-order valence-electron chi connectivity index (χ1n) is 10.4. The fourth-order valence-electron chi connectivity index (χ4n) is 2.96. The molecule has 0 heterocycles. The summed E-state index contributed by atoms with van der Waals surface area (Å²) >= 11 is 12.0. The van der Waals surface area contributed by atoms with E-state index in [4.69, 9.17) is 37.4 Å². The molecule has 0 atom stereocenters. The first kappa shape index (κ1) is 25.9. The highest BCUT2D eigenvalue weighted by molar-refractivity contribution is 6.42. The number of para-hydroxylation sites is 1. The zero-order valence-corrected chi connectivity index (χ0v) is 20.5. The van der Waals surface area contributed by atoms with Crippen LogP contribution >= 0.6 is 23.2 Å². The van der Waals surface area contributed by atoms with Gasteiger partial charge in [-0.15, -0.1) is 0 Å². The number of hydrazone groups is 1. The molecular formula is C25H23Cl2N3O5. The van der Waals surface area contributed by atoms with Gasteiger partial charge in [-0.25, -0.2) is 5.43 Å². The molecule has 0 fully saturated rings. The summed E-state index contributed by atoms with van der Waals surface area (Å²) in [5, 5.41) is 7.40. The summed E-state index contributed by atoms with van der Waals surface area (Å²) < 4.78 is 16.2. The lowest BCUT2D eigenvalue weighted by Gasteiger charge is -2.10. The van der Waals surface area contributed by atoms with Crippen LogP contribution in [0.3, 0.4) is 0 Å². The molecule has 0 radical (unpaired) electrons. The second-order valence-corrected chi connectivity index (χ2v) is 7.93. The predicted molar refractivity (Wildman–Crippen MR) is 135 cm³/mol. The molecule has 0 saturated heterocycles. The van der Waals surface area contributed by atoms with Crippen molar-refractivity contribution in [1.29, 1.82) is 0 Å². The van der Waals surface area contributed by atoms with E-state index in [1.807, 2.05) is 18.2 Å². The van der Waals surface area contributed by atoms with E-state index in [0.29, 0.717) is 38.4 Å². The Kier molecular flexibility index (Phi) is 9.34. The fourth-order valence-corrected chi connectivity index (χ4v) is 3.28. The molecule has 0 saturated carbocycles. The number of ether oxygens (including phenoxy) is 3. The number of rotatable bonds is 10. The Morgan fingerprint density at radius 2 is 1.69 bits per heavy atom. The largest absolute Gasteiger partial charge is 0.493 e. The van der Waals surface area contributed by atoms with Crippen molar-refractivity contribution in [3.05, 3.63) is 87.4 Å². The first-order valence-corrected chi connectivity index (χ1v) is 11.1. The maximum atomic E-state index is 12.3. The number of amides is 2. The molecule has 182 valence electrons. The number of methoxy groups -OCH3 is 2. The lowest BCUT2D eigenvalue weighted by molar-refractivity contribution is -0.120. The van der Waals surface area contributed by atoms with Gasteiger partial charge in [-0.2, -0.15) is 5.10 Å². The number of carbonyl (C=O) groups is 2. The van der Waals surface area contributed by atoms with Crippen molar-refractivity contribution in [3.63, 3.8) is 0 Å². The Labute approximate surface area is 212 Å². The molecule has 0 bridgehead atoms. The van der Waals surface area contributed by atoms with E-state index in [0.717, 1.165) is 5.56 Å². The van der Waals surface area contributed by atoms with Gasteiger partial charge < -0.3 is 19.5 Å². The van der Waals surface area contributed by atoms with E-state index in [-0.39, 0.29) is 13.2 Å². The number of hydrogen-bond donors (Lipinski definition) is 2. The van der Waals surface area contributed by atoms with Gasteiger partial charge in [0.05, 0.1) is 37.0 Å². The highest BCUT2D eigenvalue weighted by Gasteiger charge is 2.12. The number of benzene rings is 3. The molecule has 3 rings (SSSR count). The van der Waals surface area contributed by atoms with Crippen molar-refractivity contribution in [2.75, 3.05) is 20.8 Å². The monoisotopic (exact) mass is 515 g/mol. The van der Waals surface area contributed by atoms with Crippen molar-refractivity contribution >= 4 is 41.2 Å². The van der Waals surface area contributed by atoms with Crippen molar-refractivity contribution in [1.82, 2.24) is 10.7 Å².